The van der Waals surface area contributed by atoms with E-state index < -0.39 is 27.4 Å². The quantitative estimate of drug-likeness (QED) is 0.460. The maximum absolute atomic E-state index is 15.0. The summed E-state index contributed by atoms with van der Waals surface area (Å²) >= 11 is 0. The van der Waals surface area contributed by atoms with E-state index in [-0.39, 0.29) is 23.0 Å². The van der Waals surface area contributed by atoms with Gasteiger partial charge in [0.25, 0.3) is 5.91 Å². The molecule has 36 heavy (non-hydrogen) atoms. The molecule has 0 radical (unpaired) electrons. The lowest BCUT2D eigenvalue weighted by atomic mass is 9.81. The molecule has 1 aromatic heterocycles. The molecule has 4 rings (SSSR count). The van der Waals surface area contributed by atoms with Gasteiger partial charge in [0.15, 0.2) is 11.5 Å². The van der Waals surface area contributed by atoms with Gasteiger partial charge in [0.05, 0.1) is 19.1 Å². The lowest BCUT2D eigenvalue weighted by molar-refractivity contribution is -0.129. The fraction of sp³-hybridized carbons (Fsp3) is 0.240. The lowest BCUT2D eigenvalue weighted by Gasteiger charge is -2.27. The molecule has 2 aromatic carbocycles. The van der Waals surface area contributed by atoms with Crippen LogP contribution in [0.4, 0.5) is 4.39 Å². The molecule has 0 aliphatic carbocycles. The smallest absolute Gasteiger partial charge is 0.309 e. The number of nitrogens with zero attached hydrogens (tertiary/aromatic N) is 3. The van der Waals surface area contributed by atoms with Gasteiger partial charge >= 0.3 is 10.1 Å². The van der Waals surface area contributed by atoms with Crippen LogP contribution in [0.15, 0.2) is 65.9 Å². The number of benzene rings is 2. The van der Waals surface area contributed by atoms with Crippen LogP contribution >= 0.6 is 0 Å². The number of nitrogens with two attached hydrogens (primary N) is 1. The molecule has 188 valence electrons. The molecule has 9 nitrogen and oxygen atoms in total. The summed E-state index contributed by atoms with van der Waals surface area (Å²) in [5, 5.41) is 0. The molecule has 1 unspecified atom stereocenters. The zero-order valence-electron chi connectivity index (χ0n) is 19.9. The Labute approximate surface area is 208 Å². The molecule has 1 aliphatic heterocycles. The number of amides is 1. The fourth-order valence-corrected chi connectivity index (χ4v) is 5.02. The van der Waals surface area contributed by atoms with Crippen LogP contribution in [-0.2, 0) is 20.5 Å². The van der Waals surface area contributed by atoms with Crippen LogP contribution in [0.1, 0.15) is 24.5 Å². The molecular weight excluding hydrogens is 487 g/mol. The molecule has 2 N–H and O–H groups in total. The second-order valence-electron chi connectivity index (χ2n) is 8.23. The van der Waals surface area contributed by atoms with Crippen LogP contribution < -0.4 is 14.7 Å². The Bertz CT molecular complexity index is 1460. The maximum Gasteiger partial charge on any atom is 0.309 e. The van der Waals surface area contributed by atoms with E-state index in [2.05, 4.69) is 9.98 Å². The van der Waals surface area contributed by atoms with Crippen molar-refractivity contribution >= 4 is 22.0 Å². The zero-order valence-corrected chi connectivity index (χ0v) is 20.8. The van der Waals surface area contributed by atoms with E-state index in [0.717, 1.165) is 0 Å². The van der Waals surface area contributed by atoms with Gasteiger partial charge in [-0.1, -0.05) is 25.1 Å². The van der Waals surface area contributed by atoms with Gasteiger partial charge in [-0.3, -0.25) is 14.7 Å². The highest BCUT2D eigenvalue weighted by Crippen LogP contribution is 2.42. The monoisotopic (exact) mass is 512 g/mol. The average Bonchev–Trinajstić information content (AvgIpc) is 3.09. The van der Waals surface area contributed by atoms with Gasteiger partial charge in [0.1, 0.15) is 17.3 Å². The molecule has 0 fully saturated rings. The first-order valence-corrected chi connectivity index (χ1v) is 12.6. The number of carbonyl (C=O) groups excluding carboxylic acids is 1. The summed E-state index contributed by atoms with van der Waals surface area (Å²) in [5.41, 5.74) is 5.59. The summed E-state index contributed by atoms with van der Waals surface area (Å²) < 4.78 is 49.9. The summed E-state index contributed by atoms with van der Waals surface area (Å²) in [6, 6.07) is 11.9. The first-order valence-electron chi connectivity index (χ1n) is 11.1. The third kappa shape index (κ3) is 4.49. The van der Waals surface area contributed by atoms with Crippen molar-refractivity contribution in [2.75, 3.05) is 19.9 Å². The molecule has 1 aliphatic rings. The average molecular weight is 513 g/mol. The number of ether oxygens (including phenoxy) is 1. The van der Waals surface area contributed by atoms with E-state index >= 15 is 0 Å². The van der Waals surface area contributed by atoms with Gasteiger partial charge in [0, 0.05) is 24.4 Å². The summed E-state index contributed by atoms with van der Waals surface area (Å²) in [5.74, 6) is -0.776. The van der Waals surface area contributed by atoms with E-state index in [1.54, 1.807) is 25.1 Å². The predicted molar refractivity (Wildman–Crippen MR) is 133 cm³/mol. The standard InChI is InChI=1S/C25H25FN4O5S/c1-4-10-36(32,33)35-19-7-5-6-17(12-19)25(23(31)30(2)24(27)29-25)18-8-9-22(26)21(13-18)16-11-20(34-3)15-28-14-16/h5-9,11-15H,4,10H2,1-3H3,(H2,27,29). The van der Waals surface area contributed by atoms with Gasteiger partial charge in [-0.2, -0.15) is 8.42 Å². The third-order valence-electron chi connectivity index (χ3n) is 5.81. The molecule has 11 heteroatoms. The summed E-state index contributed by atoms with van der Waals surface area (Å²) in [6.45, 7) is 1.72. The van der Waals surface area contributed by atoms with Gasteiger partial charge < -0.3 is 14.7 Å². The zero-order chi connectivity index (χ0) is 26.1. The van der Waals surface area contributed by atoms with Crippen LogP contribution in [0.5, 0.6) is 11.5 Å². The Kier molecular flexibility index (Phi) is 6.68. The second-order valence-corrected chi connectivity index (χ2v) is 9.92. The SMILES string of the molecule is CCCS(=O)(=O)Oc1cccc(C2(c3ccc(F)c(-c4cncc(OC)c4)c3)N=C(N)N(C)C2=O)c1. The molecule has 0 spiro atoms. The van der Waals surface area contributed by atoms with Crippen molar-refractivity contribution in [3.63, 3.8) is 0 Å². The number of carbonyl (C=O) groups is 1. The first-order chi connectivity index (χ1) is 17.1. The molecule has 1 atom stereocenters. The number of hydrogen-bond acceptors (Lipinski definition) is 8. The minimum absolute atomic E-state index is 0.0239. The Morgan fingerprint density at radius 3 is 2.50 bits per heavy atom. The van der Waals surface area contributed by atoms with Crippen LogP contribution in [0.3, 0.4) is 0 Å². The van der Waals surface area contributed by atoms with Crippen molar-refractivity contribution in [3.8, 4) is 22.6 Å². The molecule has 1 amide bonds. The fourth-order valence-electron chi connectivity index (χ4n) is 4.04. The Balaban J connectivity index is 1.90. The highest BCUT2D eigenvalue weighted by molar-refractivity contribution is 7.87. The minimum atomic E-state index is -3.82. The normalized spacial score (nSPS) is 17.7. The Hall–Kier alpha value is -3.99. The third-order valence-corrected chi connectivity index (χ3v) is 7.17. The summed E-state index contributed by atoms with van der Waals surface area (Å²) in [7, 11) is -0.871. The van der Waals surface area contributed by atoms with Crippen LogP contribution in [0, 0.1) is 5.82 Å². The molecule has 0 bridgehead atoms. The molecule has 0 saturated carbocycles. The number of methoxy groups -OCH3 is 1. The van der Waals surface area contributed by atoms with Crippen LogP contribution in [-0.4, -0.2) is 50.1 Å². The summed E-state index contributed by atoms with van der Waals surface area (Å²) in [6.07, 6.45) is 3.35. The molecule has 0 saturated heterocycles. The van der Waals surface area contributed by atoms with Crippen LogP contribution in [0.2, 0.25) is 0 Å². The number of guanidine groups is 1. The number of halogens is 1. The van der Waals surface area contributed by atoms with E-state index in [4.69, 9.17) is 14.7 Å². The second kappa shape index (κ2) is 9.57. The van der Waals surface area contributed by atoms with Crippen molar-refractivity contribution in [1.29, 1.82) is 0 Å². The highest BCUT2D eigenvalue weighted by Gasteiger charge is 2.50. The number of likely N-dealkylation sites (N-methyl/N-ethyl adjacent to an activating group) is 1. The van der Waals surface area contributed by atoms with Gasteiger partial charge in [0.2, 0.25) is 0 Å². The van der Waals surface area contributed by atoms with E-state index in [9.17, 15) is 17.6 Å². The van der Waals surface area contributed by atoms with E-state index in [0.29, 0.717) is 28.9 Å². The highest BCUT2D eigenvalue weighted by atomic mass is 32.2. The number of pyridine rings is 1. The topological polar surface area (TPSA) is 124 Å². The van der Waals surface area contributed by atoms with Crippen molar-refractivity contribution in [1.82, 2.24) is 9.88 Å². The van der Waals surface area contributed by atoms with Gasteiger partial charge in [-0.05, 0) is 47.9 Å². The number of aliphatic imine (C=N–C) groups is 1. The maximum atomic E-state index is 15.0. The van der Waals surface area contributed by atoms with Crippen molar-refractivity contribution < 1.29 is 26.5 Å². The number of rotatable bonds is 8. The minimum Gasteiger partial charge on any atom is -0.495 e. The molecular formula is C25H25FN4O5S. The lowest BCUT2D eigenvalue weighted by Crippen LogP contribution is -2.41. The Morgan fingerprint density at radius 2 is 1.83 bits per heavy atom. The van der Waals surface area contributed by atoms with Gasteiger partial charge in [-0.25, -0.2) is 9.38 Å². The number of aromatic nitrogens is 1. The van der Waals surface area contributed by atoms with E-state index in [1.165, 1.54) is 61.8 Å². The predicted octanol–water partition coefficient (Wildman–Crippen LogP) is 3.05. The van der Waals surface area contributed by atoms with Gasteiger partial charge in [-0.15, -0.1) is 0 Å². The van der Waals surface area contributed by atoms with Crippen molar-refractivity contribution in [2.45, 2.75) is 18.9 Å². The largest absolute Gasteiger partial charge is 0.495 e. The molecule has 3 aromatic rings. The van der Waals surface area contributed by atoms with Crippen molar-refractivity contribution in [2.24, 2.45) is 10.7 Å². The Morgan fingerprint density at radius 1 is 1.08 bits per heavy atom. The molecule has 2 heterocycles. The van der Waals surface area contributed by atoms with Crippen molar-refractivity contribution in [3.05, 3.63) is 77.9 Å². The first kappa shape index (κ1) is 25.1. The van der Waals surface area contributed by atoms with Crippen LogP contribution in [0.25, 0.3) is 11.1 Å². The summed E-state index contributed by atoms with van der Waals surface area (Å²) in [4.78, 5) is 23.4. The number of hydrogen-bond donors (Lipinski definition) is 1. The van der Waals surface area contributed by atoms with E-state index in [1.807, 2.05) is 0 Å².